The van der Waals surface area contributed by atoms with Crippen molar-refractivity contribution in [3.8, 4) is 5.75 Å². The Morgan fingerprint density at radius 2 is 2.15 bits per heavy atom. The van der Waals surface area contributed by atoms with Crippen molar-refractivity contribution in [3.63, 3.8) is 0 Å². The van der Waals surface area contributed by atoms with E-state index in [2.05, 4.69) is 74.2 Å². The lowest BCUT2D eigenvalue weighted by Gasteiger charge is -2.41. The van der Waals surface area contributed by atoms with Crippen LogP contribution in [0.25, 0.3) is 0 Å². The number of nitrogens with zero attached hydrogens (tertiary/aromatic N) is 1. The number of aromatic hydroxyl groups is 1. The van der Waals surface area contributed by atoms with Gasteiger partial charge in [0, 0.05) is 25.1 Å². The first kappa shape index (κ1) is 20.3. The van der Waals surface area contributed by atoms with Gasteiger partial charge in [-0.05, 0) is 35.9 Å². The SMILES string of the molecule is Br.C=CC1C=CC=CC1(C1=CCN(C)C=C1)c1cc(CCC)ccc1O. The number of rotatable bonds is 5. The van der Waals surface area contributed by atoms with Crippen LogP contribution in [0.4, 0.5) is 0 Å². The molecule has 0 saturated heterocycles. The third-order valence-electron chi connectivity index (χ3n) is 5.20. The highest BCUT2D eigenvalue weighted by atomic mass is 79.9. The summed E-state index contributed by atoms with van der Waals surface area (Å²) in [6.07, 6.45) is 19.1. The molecule has 26 heavy (non-hydrogen) atoms. The van der Waals surface area contributed by atoms with Gasteiger partial charge in [-0.3, -0.25) is 0 Å². The summed E-state index contributed by atoms with van der Waals surface area (Å²) >= 11 is 0. The molecule has 3 rings (SSSR count). The standard InChI is InChI=1S/C23H27NO.BrH/c1-4-8-18-10-11-22(25)21(17-18)23(14-7-6-9-19(23)5-2)20-12-15-24(3)16-13-20;/h5-7,9-15,17,19,25H,2,4,8,16H2,1,3H3;1H. The van der Waals surface area contributed by atoms with E-state index in [4.69, 9.17) is 0 Å². The van der Waals surface area contributed by atoms with Crippen LogP contribution in [-0.2, 0) is 11.8 Å². The van der Waals surface area contributed by atoms with Gasteiger partial charge in [0.05, 0.1) is 5.41 Å². The lowest BCUT2D eigenvalue weighted by atomic mass is 9.62. The highest BCUT2D eigenvalue weighted by molar-refractivity contribution is 8.93. The number of phenolic OH excluding ortho intramolecular Hbond substituents is 1. The van der Waals surface area contributed by atoms with E-state index in [1.807, 2.05) is 18.2 Å². The molecule has 0 bridgehead atoms. The highest BCUT2D eigenvalue weighted by Crippen LogP contribution is 2.48. The van der Waals surface area contributed by atoms with Crippen LogP contribution in [-0.4, -0.2) is 23.6 Å². The van der Waals surface area contributed by atoms with Crippen molar-refractivity contribution in [3.05, 3.63) is 90.2 Å². The Morgan fingerprint density at radius 1 is 1.35 bits per heavy atom. The second-order valence-corrected chi connectivity index (χ2v) is 6.89. The normalized spacial score (nSPS) is 24.2. The zero-order valence-corrected chi connectivity index (χ0v) is 17.3. The Balaban J connectivity index is 0.00000243. The van der Waals surface area contributed by atoms with E-state index in [-0.39, 0.29) is 22.9 Å². The van der Waals surface area contributed by atoms with E-state index in [9.17, 15) is 5.11 Å². The summed E-state index contributed by atoms with van der Waals surface area (Å²) in [6, 6.07) is 6.04. The maximum atomic E-state index is 10.8. The quantitative estimate of drug-likeness (QED) is 0.646. The van der Waals surface area contributed by atoms with Gasteiger partial charge in [-0.25, -0.2) is 0 Å². The van der Waals surface area contributed by atoms with Crippen molar-refractivity contribution >= 4 is 17.0 Å². The maximum Gasteiger partial charge on any atom is 0.120 e. The number of phenols is 1. The van der Waals surface area contributed by atoms with Crippen LogP contribution >= 0.6 is 17.0 Å². The second kappa shape index (κ2) is 8.59. The van der Waals surface area contributed by atoms with E-state index in [1.54, 1.807) is 0 Å². The first-order chi connectivity index (χ1) is 12.1. The maximum absolute atomic E-state index is 10.8. The fourth-order valence-corrected chi connectivity index (χ4v) is 3.88. The highest BCUT2D eigenvalue weighted by Gasteiger charge is 2.41. The zero-order valence-electron chi connectivity index (χ0n) is 15.6. The summed E-state index contributed by atoms with van der Waals surface area (Å²) in [7, 11) is 2.07. The first-order valence-corrected chi connectivity index (χ1v) is 9.02. The summed E-state index contributed by atoms with van der Waals surface area (Å²) in [5.74, 6) is 0.444. The Morgan fingerprint density at radius 3 is 2.81 bits per heavy atom. The van der Waals surface area contributed by atoms with Gasteiger partial charge in [-0.1, -0.05) is 61.9 Å². The second-order valence-electron chi connectivity index (χ2n) is 6.89. The van der Waals surface area contributed by atoms with Crippen LogP contribution in [0.3, 0.4) is 0 Å². The van der Waals surface area contributed by atoms with Crippen molar-refractivity contribution in [2.75, 3.05) is 13.6 Å². The molecule has 1 aromatic rings. The van der Waals surface area contributed by atoms with Gasteiger partial charge in [0.25, 0.3) is 0 Å². The molecular weight excluding hydrogens is 386 g/mol. The van der Waals surface area contributed by atoms with E-state index in [0.717, 1.165) is 24.9 Å². The van der Waals surface area contributed by atoms with Gasteiger partial charge in [0.15, 0.2) is 0 Å². The minimum Gasteiger partial charge on any atom is -0.508 e. The predicted octanol–water partition coefficient (Wildman–Crippen LogP) is 5.47. The molecule has 0 fully saturated rings. The van der Waals surface area contributed by atoms with Crippen molar-refractivity contribution in [2.45, 2.75) is 25.2 Å². The summed E-state index contributed by atoms with van der Waals surface area (Å²) in [5, 5.41) is 10.8. The van der Waals surface area contributed by atoms with Gasteiger partial charge >= 0.3 is 0 Å². The minimum absolute atomic E-state index is 0. The number of aryl methyl sites for hydroxylation is 1. The summed E-state index contributed by atoms with van der Waals surface area (Å²) in [5.41, 5.74) is 3.02. The minimum atomic E-state index is -0.415. The number of benzene rings is 1. The average molecular weight is 414 g/mol. The zero-order chi connectivity index (χ0) is 17.9. The smallest absolute Gasteiger partial charge is 0.120 e. The lowest BCUT2D eigenvalue weighted by Crippen LogP contribution is -2.36. The monoisotopic (exact) mass is 413 g/mol. The van der Waals surface area contributed by atoms with E-state index >= 15 is 0 Å². The van der Waals surface area contributed by atoms with Gasteiger partial charge in [0.2, 0.25) is 0 Å². The Labute approximate surface area is 167 Å². The number of likely N-dealkylation sites (N-methyl/N-ethyl adjacent to an activating group) is 1. The molecule has 1 aromatic carbocycles. The van der Waals surface area contributed by atoms with Gasteiger partial charge in [-0.2, -0.15) is 0 Å². The van der Waals surface area contributed by atoms with E-state index < -0.39 is 5.41 Å². The molecule has 2 aliphatic rings. The molecule has 0 spiro atoms. The van der Waals surface area contributed by atoms with E-state index in [0.29, 0.717) is 5.75 Å². The Kier molecular flexibility index (Phi) is 6.71. The molecule has 2 nitrogen and oxygen atoms in total. The van der Waals surface area contributed by atoms with Crippen LogP contribution < -0.4 is 0 Å². The van der Waals surface area contributed by atoms with Crippen LogP contribution in [0.2, 0.25) is 0 Å². The molecule has 1 aliphatic carbocycles. The van der Waals surface area contributed by atoms with Crippen molar-refractivity contribution in [1.82, 2.24) is 4.90 Å². The number of allylic oxidation sites excluding steroid dienone is 7. The van der Waals surface area contributed by atoms with Crippen molar-refractivity contribution in [1.29, 1.82) is 0 Å². The topological polar surface area (TPSA) is 23.5 Å². The largest absolute Gasteiger partial charge is 0.508 e. The summed E-state index contributed by atoms with van der Waals surface area (Å²) in [4.78, 5) is 2.15. The fraction of sp³-hybridized carbons (Fsp3) is 0.304. The van der Waals surface area contributed by atoms with Crippen LogP contribution in [0.5, 0.6) is 5.75 Å². The Hall–Kier alpha value is -2.00. The lowest BCUT2D eigenvalue weighted by molar-refractivity contribution is 0.433. The molecule has 2 unspecified atom stereocenters. The number of hydrogen-bond acceptors (Lipinski definition) is 2. The molecule has 3 heteroatoms. The van der Waals surface area contributed by atoms with Gasteiger partial charge < -0.3 is 10.0 Å². The molecule has 0 amide bonds. The molecule has 1 N–H and O–H groups in total. The van der Waals surface area contributed by atoms with Gasteiger partial charge in [-0.15, -0.1) is 23.6 Å². The fourth-order valence-electron chi connectivity index (χ4n) is 3.88. The molecule has 138 valence electrons. The van der Waals surface area contributed by atoms with Crippen LogP contribution in [0.15, 0.2) is 79.1 Å². The van der Waals surface area contributed by atoms with E-state index in [1.165, 1.54) is 11.1 Å². The van der Waals surface area contributed by atoms with Crippen molar-refractivity contribution < 1.29 is 5.11 Å². The predicted molar refractivity (Wildman–Crippen MR) is 116 cm³/mol. The van der Waals surface area contributed by atoms with Gasteiger partial charge in [0.1, 0.15) is 5.75 Å². The molecule has 1 heterocycles. The Bertz CT molecular complexity index is 774. The molecule has 2 atom stereocenters. The number of halogens is 1. The molecular formula is C23H28BrNO. The number of hydrogen-bond donors (Lipinski definition) is 1. The summed E-state index contributed by atoms with van der Waals surface area (Å²) in [6.45, 7) is 7.12. The molecule has 0 aromatic heterocycles. The van der Waals surface area contributed by atoms with Crippen LogP contribution in [0.1, 0.15) is 24.5 Å². The first-order valence-electron chi connectivity index (χ1n) is 9.02. The van der Waals surface area contributed by atoms with Crippen LogP contribution in [0, 0.1) is 5.92 Å². The molecule has 1 aliphatic heterocycles. The molecule has 0 radical (unpaired) electrons. The average Bonchev–Trinajstić information content (AvgIpc) is 2.64. The molecule has 0 saturated carbocycles. The summed E-state index contributed by atoms with van der Waals surface area (Å²) < 4.78 is 0. The third-order valence-corrected chi connectivity index (χ3v) is 5.20. The third kappa shape index (κ3) is 3.59. The van der Waals surface area contributed by atoms with Crippen molar-refractivity contribution in [2.24, 2.45) is 5.92 Å².